The molecule has 0 radical (unpaired) electrons. The van der Waals surface area contributed by atoms with Crippen LogP contribution >= 0.6 is 0 Å². The molecule has 1 amide bonds. The average molecular weight is 484 g/mol. The maximum Gasteiger partial charge on any atom is 0.409 e. The molecular weight excluding hydrogens is 455 g/mol. The van der Waals surface area contributed by atoms with E-state index < -0.39 is 12.2 Å². The van der Waals surface area contributed by atoms with Gasteiger partial charge in [0.05, 0.1) is 12.8 Å². The summed E-state index contributed by atoms with van der Waals surface area (Å²) in [5.74, 6) is 0.243. The second kappa shape index (κ2) is 10.00. The SMILES string of the molecule is CC.COC1=CC=C(c2ccc3c(c2)CCN(Cc2ccccc2)C3=O)C2=CC(C(F)(F)F)NN12. The van der Waals surface area contributed by atoms with Crippen molar-refractivity contribution in [3.8, 4) is 0 Å². The number of carbonyl (C=O) groups excluding carboxylic acids is 1. The second-order valence-corrected chi connectivity index (χ2v) is 8.16. The lowest BCUT2D eigenvalue weighted by Crippen LogP contribution is -2.44. The van der Waals surface area contributed by atoms with E-state index in [2.05, 4.69) is 5.43 Å². The molecule has 3 aliphatic rings. The molecule has 1 unspecified atom stereocenters. The van der Waals surface area contributed by atoms with Crippen LogP contribution in [0, 0.1) is 0 Å². The second-order valence-electron chi connectivity index (χ2n) is 8.16. The lowest BCUT2D eigenvalue weighted by molar-refractivity contribution is -0.149. The number of hydrogen-bond acceptors (Lipinski definition) is 4. The van der Waals surface area contributed by atoms with Crippen molar-refractivity contribution >= 4 is 11.5 Å². The first-order chi connectivity index (χ1) is 16.8. The lowest BCUT2D eigenvalue weighted by atomic mass is 9.91. The van der Waals surface area contributed by atoms with Crippen molar-refractivity contribution in [1.29, 1.82) is 0 Å². The van der Waals surface area contributed by atoms with Crippen molar-refractivity contribution < 1.29 is 22.7 Å². The number of nitrogens with zero attached hydrogens (tertiary/aromatic N) is 2. The number of nitrogens with one attached hydrogen (secondary N) is 1. The Morgan fingerprint density at radius 1 is 1.09 bits per heavy atom. The molecule has 0 fully saturated rings. The summed E-state index contributed by atoms with van der Waals surface area (Å²) >= 11 is 0. The summed E-state index contributed by atoms with van der Waals surface area (Å²) in [4.78, 5) is 14.9. The largest absolute Gasteiger partial charge is 0.481 e. The Bertz CT molecular complexity index is 1190. The van der Waals surface area contributed by atoms with Crippen molar-refractivity contribution in [2.45, 2.75) is 39.0 Å². The number of fused-ring (bicyclic) bond motifs is 2. The molecule has 2 aromatic rings. The van der Waals surface area contributed by atoms with Crippen molar-refractivity contribution in [1.82, 2.24) is 15.3 Å². The van der Waals surface area contributed by atoms with Gasteiger partial charge in [-0.2, -0.15) is 13.2 Å². The molecular formula is C27H28F3N3O2. The summed E-state index contributed by atoms with van der Waals surface area (Å²) in [7, 11) is 1.41. The van der Waals surface area contributed by atoms with Crippen molar-refractivity contribution in [2.24, 2.45) is 0 Å². The van der Waals surface area contributed by atoms with Crippen LogP contribution in [0.4, 0.5) is 13.2 Å². The fourth-order valence-corrected chi connectivity index (χ4v) is 4.42. The van der Waals surface area contributed by atoms with E-state index in [0.717, 1.165) is 22.8 Å². The molecule has 0 bridgehead atoms. The first kappa shape index (κ1) is 24.6. The fraction of sp³-hybridized carbons (Fsp3) is 0.296. The molecule has 0 saturated heterocycles. The minimum absolute atomic E-state index is 0.0358. The van der Waals surface area contributed by atoms with Gasteiger partial charge < -0.3 is 9.64 Å². The van der Waals surface area contributed by atoms with Crippen LogP contribution < -0.4 is 5.43 Å². The van der Waals surface area contributed by atoms with Gasteiger partial charge in [-0.15, -0.1) is 0 Å². The number of halogens is 3. The van der Waals surface area contributed by atoms with Crippen molar-refractivity contribution in [2.75, 3.05) is 13.7 Å². The lowest BCUT2D eigenvalue weighted by Gasteiger charge is -2.31. The van der Waals surface area contributed by atoms with Crippen molar-refractivity contribution in [3.63, 3.8) is 0 Å². The van der Waals surface area contributed by atoms with Gasteiger partial charge in [0.2, 0.25) is 5.88 Å². The Morgan fingerprint density at radius 2 is 1.83 bits per heavy atom. The Labute approximate surface area is 203 Å². The van der Waals surface area contributed by atoms with Gasteiger partial charge in [0, 0.05) is 30.3 Å². The fourth-order valence-electron chi connectivity index (χ4n) is 4.42. The van der Waals surface area contributed by atoms with Crippen LogP contribution in [0.5, 0.6) is 0 Å². The first-order valence-corrected chi connectivity index (χ1v) is 11.6. The molecule has 3 heterocycles. The first-order valence-electron chi connectivity index (χ1n) is 11.6. The Balaban J connectivity index is 0.00000141. The van der Waals surface area contributed by atoms with Gasteiger partial charge in [-0.25, -0.2) is 10.4 Å². The standard InChI is InChI=1S/C25H22F3N3O2.C2H6/c1-33-23-10-9-19(21-14-22(25(26,27)28)29-31(21)23)17-7-8-20-18(13-17)11-12-30(24(20)32)15-16-5-3-2-4-6-16;1-2/h2-10,13-14,22,29H,11-12,15H2,1H3;1-2H3. The highest BCUT2D eigenvalue weighted by Crippen LogP contribution is 2.39. The van der Waals surface area contributed by atoms with E-state index in [1.165, 1.54) is 12.1 Å². The number of alkyl halides is 3. The van der Waals surface area contributed by atoms with Crippen LogP contribution in [0.1, 0.15) is 40.9 Å². The number of methoxy groups -OCH3 is 1. The molecule has 184 valence electrons. The maximum absolute atomic E-state index is 13.4. The van der Waals surface area contributed by atoms with Crippen LogP contribution in [0.2, 0.25) is 0 Å². The normalized spacial score (nSPS) is 19.1. The molecule has 35 heavy (non-hydrogen) atoms. The monoisotopic (exact) mass is 483 g/mol. The Hall–Kier alpha value is -3.52. The van der Waals surface area contributed by atoms with Gasteiger partial charge in [-0.3, -0.25) is 4.79 Å². The van der Waals surface area contributed by atoms with Gasteiger partial charge in [-0.05, 0) is 41.3 Å². The van der Waals surface area contributed by atoms with Gasteiger partial charge in [-0.1, -0.05) is 56.3 Å². The number of allylic oxidation sites excluding steroid dienone is 3. The number of amides is 1. The Kier molecular flexibility index (Phi) is 7.03. The van der Waals surface area contributed by atoms with E-state index in [4.69, 9.17) is 4.74 Å². The zero-order valence-corrected chi connectivity index (χ0v) is 19.9. The molecule has 3 aliphatic heterocycles. The number of benzene rings is 2. The molecule has 0 aromatic heterocycles. The van der Waals surface area contributed by atoms with Gasteiger partial charge in [0.15, 0.2) is 0 Å². The highest BCUT2D eigenvalue weighted by Gasteiger charge is 2.45. The molecule has 0 aliphatic carbocycles. The quantitative estimate of drug-likeness (QED) is 0.630. The summed E-state index contributed by atoms with van der Waals surface area (Å²) in [6.07, 6.45) is 0.781. The van der Waals surface area contributed by atoms with Crippen LogP contribution in [0.3, 0.4) is 0 Å². The molecule has 0 saturated carbocycles. The zero-order valence-electron chi connectivity index (χ0n) is 19.9. The summed E-state index contributed by atoms with van der Waals surface area (Å²) in [6, 6.07) is 13.5. The number of hydrogen-bond donors (Lipinski definition) is 1. The Morgan fingerprint density at radius 3 is 2.51 bits per heavy atom. The highest BCUT2D eigenvalue weighted by atomic mass is 19.4. The molecule has 5 rings (SSSR count). The van der Waals surface area contributed by atoms with E-state index in [0.29, 0.717) is 36.3 Å². The third kappa shape index (κ3) is 4.84. The van der Waals surface area contributed by atoms with E-state index in [1.807, 2.05) is 55.1 Å². The number of ether oxygens (including phenoxy) is 1. The molecule has 0 spiro atoms. The smallest absolute Gasteiger partial charge is 0.409 e. The van der Waals surface area contributed by atoms with E-state index in [-0.39, 0.29) is 11.8 Å². The predicted octanol–water partition coefficient (Wildman–Crippen LogP) is 5.43. The van der Waals surface area contributed by atoms with Crippen LogP contribution in [-0.2, 0) is 17.7 Å². The van der Waals surface area contributed by atoms with Gasteiger partial charge >= 0.3 is 6.18 Å². The van der Waals surface area contributed by atoms with Gasteiger partial charge in [0.1, 0.15) is 6.04 Å². The minimum Gasteiger partial charge on any atom is -0.481 e. The summed E-state index contributed by atoms with van der Waals surface area (Å²) < 4.78 is 45.3. The van der Waals surface area contributed by atoms with Crippen LogP contribution in [0.15, 0.2) is 78.3 Å². The zero-order chi connectivity index (χ0) is 25.2. The predicted molar refractivity (Wildman–Crippen MR) is 129 cm³/mol. The molecule has 1 atom stereocenters. The number of hydrazine groups is 1. The summed E-state index contributed by atoms with van der Waals surface area (Å²) in [6.45, 7) is 5.13. The average Bonchev–Trinajstić information content (AvgIpc) is 3.33. The van der Waals surface area contributed by atoms with Crippen LogP contribution in [-0.4, -0.2) is 41.7 Å². The summed E-state index contributed by atoms with van der Waals surface area (Å²) in [5, 5.41) is 1.32. The van der Waals surface area contributed by atoms with E-state index >= 15 is 0 Å². The topological polar surface area (TPSA) is 44.8 Å². The molecule has 5 nitrogen and oxygen atoms in total. The van der Waals surface area contributed by atoms with Crippen molar-refractivity contribution in [3.05, 3.63) is 101 Å². The summed E-state index contributed by atoms with van der Waals surface area (Å²) in [5.41, 5.74) is 6.82. The van der Waals surface area contributed by atoms with Crippen LogP contribution in [0.25, 0.3) is 5.57 Å². The number of carbonyl (C=O) groups is 1. The minimum atomic E-state index is -4.43. The van der Waals surface area contributed by atoms with E-state index in [9.17, 15) is 18.0 Å². The van der Waals surface area contributed by atoms with Gasteiger partial charge in [0.25, 0.3) is 5.91 Å². The maximum atomic E-state index is 13.4. The third-order valence-corrected chi connectivity index (χ3v) is 6.09. The number of rotatable bonds is 4. The molecule has 8 heteroatoms. The highest BCUT2D eigenvalue weighted by molar-refractivity contribution is 5.97. The third-order valence-electron chi connectivity index (χ3n) is 6.09. The molecule has 2 aromatic carbocycles. The van der Waals surface area contributed by atoms with E-state index in [1.54, 1.807) is 24.3 Å². The molecule has 1 N–H and O–H groups in total.